The molecule has 1 saturated carbocycles. The summed E-state index contributed by atoms with van der Waals surface area (Å²) in [5.41, 5.74) is 2.81. The van der Waals surface area contributed by atoms with E-state index in [-0.39, 0.29) is 0 Å². The molecule has 1 aliphatic carbocycles. The van der Waals surface area contributed by atoms with Gasteiger partial charge >= 0.3 is 0 Å². The molecule has 0 saturated heterocycles. The first-order valence-corrected chi connectivity index (χ1v) is 5.30. The van der Waals surface area contributed by atoms with Crippen LogP contribution in [-0.2, 0) is 6.42 Å². The molecule has 0 nitrogen and oxygen atoms in total. The Morgan fingerprint density at radius 1 is 1.42 bits per heavy atom. The summed E-state index contributed by atoms with van der Waals surface area (Å²) in [5, 5.41) is 0. The minimum Gasteiger partial charge on any atom is -0.0587 e. The lowest BCUT2D eigenvalue weighted by Crippen LogP contribution is -1.87. The second-order valence-electron chi connectivity index (χ2n) is 3.73. The average Bonchev–Trinajstić information content (AvgIpc) is 2.81. The van der Waals surface area contributed by atoms with E-state index in [2.05, 4.69) is 41.1 Å². The number of aryl methyl sites for hydroxylation is 1. The van der Waals surface area contributed by atoms with Crippen molar-refractivity contribution in [1.82, 2.24) is 0 Å². The molecule has 0 amide bonds. The van der Waals surface area contributed by atoms with E-state index >= 15 is 0 Å². The van der Waals surface area contributed by atoms with Crippen LogP contribution in [0.25, 0.3) is 0 Å². The van der Waals surface area contributed by atoms with Crippen molar-refractivity contribution in [3.63, 3.8) is 0 Å². The standard InChI is InChI=1S/C11H13Br/c1-8-2-3-10(7-11(8)12)6-9-4-5-9/h2-3,7,9H,4-6H2,1H3. The molecule has 0 atom stereocenters. The monoisotopic (exact) mass is 224 g/mol. The Balaban J connectivity index is 2.15. The highest BCUT2D eigenvalue weighted by atomic mass is 79.9. The highest BCUT2D eigenvalue weighted by Gasteiger charge is 2.21. The summed E-state index contributed by atoms with van der Waals surface area (Å²) < 4.78 is 1.25. The first kappa shape index (κ1) is 8.31. The van der Waals surface area contributed by atoms with Crippen LogP contribution in [0, 0.1) is 12.8 Å². The number of hydrogen-bond donors (Lipinski definition) is 0. The molecule has 1 heteroatoms. The van der Waals surface area contributed by atoms with Gasteiger partial charge in [-0.15, -0.1) is 0 Å². The van der Waals surface area contributed by atoms with Gasteiger partial charge in [-0.25, -0.2) is 0 Å². The van der Waals surface area contributed by atoms with Crippen LogP contribution in [0.1, 0.15) is 24.0 Å². The summed E-state index contributed by atoms with van der Waals surface area (Å²) in [6.45, 7) is 2.13. The summed E-state index contributed by atoms with van der Waals surface area (Å²) in [6.07, 6.45) is 4.15. The summed E-state index contributed by atoms with van der Waals surface area (Å²) in [7, 11) is 0. The van der Waals surface area contributed by atoms with E-state index in [4.69, 9.17) is 0 Å². The minimum absolute atomic E-state index is 0.986. The third-order valence-corrected chi connectivity index (χ3v) is 3.31. The Hall–Kier alpha value is -0.300. The van der Waals surface area contributed by atoms with E-state index in [0.717, 1.165) is 5.92 Å². The molecule has 0 aliphatic heterocycles. The first-order valence-electron chi connectivity index (χ1n) is 4.51. The number of rotatable bonds is 2. The van der Waals surface area contributed by atoms with Gasteiger partial charge in [-0.05, 0) is 49.3 Å². The van der Waals surface area contributed by atoms with Gasteiger partial charge in [-0.3, -0.25) is 0 Å². The molecule has 12 heavy (non-hydrogen) atoms. The van der Waals surface area contributed by atoms with E-state index in [1.54, 1.807) is 0 Å². The molecule has 1 aromatic rings. The highest BCUT2D eigenvalue weighted by molar-refractivity contribution is 9.10. The van der Waals surface area contributed by atoms with Crippen molar-refractivity contribution in [3.8, 4) is 0 Å². The molecule has 1 aliphatic rings. The predicted molar refractivity (Wildman–Crippen MR) is 55.3 cm³/mol. The number of benzene rings is 1. The Morgan fingerprint density at radius 2 is 2.17 bits per heavy atom. The van der Waals surface area contributed by atoms with Crippen molar-refractivity contribution in [2.45, 2.75) is 26.2 Å². The maximum atomic E-state index is 3.56. The van der Waals surface area contributed by atoms with Crippen molar-refractivity contribution in [3.05, 3.63) is 33.8 Å². The van der Waals surface area contributed by atoms with Crippen LogP contribution in [0.15, 0.2) is 22.7 Å². The van der Waals surface area contributed by atoms with Gasteiger partial charge < -0.3 is 0 Å². The van der Waals surface area contributed by atoms with E-state index in [1.807, 2.05) is 0 Å². The predicted octanol–water partition coefficient (Wildman–Crippen LogP) is 3.71. The third-order valence-electron chi connectivity index (χ3n) is 2.46. The lowest BCUT2D eigenvalue weighted by Gasteiger charge is -2.02. The van der Waals surface area contributed by atoms with Gasteiger partial charge in [0.05, 0.1) is 0 Å². The van der Waals surface area contributed by atoms with Gasteiger partial charge in [0.2, 0.25) is 0 Å². The van der Waals surface area contributed by atoms with E-state index < -0.39 is 0 Å². The zero-order valence-corrected chi connectivity index (χ0v) is 8.89. The lowest BCUT2D eigenvalue weighted by molar-refractivity contribution is 0.831. The van der Waals surface area contributed by atoms with Gasteiger partial charge in [0.15, 0.2) is 0 Å². The van der Waals surface area contributed by atoms with Gasteiger partial charge in [0, 0.05) is 4.47 Å². The van der Waals surface area contributed by atoms with Crippen LogP contribution in [0.4, 0.5) is 0 Å². The Bertz CT molecular complexity index is 287. The molecule has 0 N–H and O–H groups in total. The number of hydrogen-bond acceptors (Lipinski definition) is 0. The molecule has 0 unspecified atom stereocenters. The average molecular weight is 225 g/mol. The van der Waals surface area contributed by atoms with E-state index in [0.29, 0.717) is 0 Å². The van der Waals surface area contributed by atoms with Gasteiger partial charge in [0.25, 0.3) is 0 Å². The van der Waals surface area contributed by atoms with Crippen molar-refractivity contribution in [2.75, 3.05) is 0 Å². The molecular formula is C11H13Br. The van der Waals surface area contributed by atoms with Crippen molar-refractivity contribution in [1.29, 1.82) is 0 Å². The normalized spacial score (nSPS) is 16.5. The fourth-order valence-electron chi connectivity index (χ4n) is 1.42. The molecule has 0 heterocycles. The smallest absolute Gasteiger partial charge is 0.0207 e. The second-order valence-corrected chi connectivity index (χ2v) is 4.59. The molecule has 0 radical (unpaired) electrons. The van der Waals surface area contributed by atoms with E-state index in [1.165, 1.54) is 34.9 Å². The van der Waals surface area contributed by atoms with Gasteiger partial charge in [-0.2, -0.15) is 0 Å². The Kier molecular flexibility index (Phi) is 2.22. The van der Waals surface area contributed by atoms with Crippen LogP contribution in [0.2, 0.25) is 0 Å². The zero-order valence-electron chi connectivity index (χ0n) is 7.31. The summed E-state index contributed by atoms with van der Waals surface area (Å²) in [6, 6.07) is 6.70. The Morgan fingerprint density at radius 3 is 2.75 bits per heavy atom. The summed E-state index contributed by atoms with van der Waals surface area (Å²) in [5.74, 6) is 0.986. The third kappa shape index (κ3) is 1.89. The second kappa shape index (κ2) is 3.21. The van der Waals surface area contributed by atoms with Crippen LogP contribution >= 0.6 is 15.9 Å². The SMILES string of the molecule is Cc1ccc(CC2CC2)cc1Br. The quantitative estimate of drug-likeness (QED) is 0.719. The molecule has 0 bridgehead atoms. The topological polar surface area (TPSA) is 0 Å². The Labute approximate surface area is 82.1 Å². The maximum absolute atomic E-state index is 3.56. The fourth-order valence-corrected chi connectivity index (χ4v) is 1.84. The number of halogens is 1. The van der Waals surface area contributed by atoms with Crippen LogP contribution in [-0.4, -0.2) is 0 Å². The van der Waals surface area contributed by atoms with Crippen molar-refractivity contribution in [2.24, 2.45) is 5.92 Å². The van der Waals surface area contributed by atoms with Gasteiger partial charge in [0.1, 0.15) is 0 Å². The molecule has 64 valence electrons. The maximum Gasteiger partial charge on any atom is 0.0207 e. The summed E-state index contributed by atoms with van der Waals surface area (Å²) in [4.78, 5) is 0. The molecule has 1 aromatic carbocycles. The van der Waals surface area contributed by atoms with E-state index in [9.17, 15) is 0 Å². The summed E-state index contributed by atoms with van der Waals surface area (Å²) >= 11 is 3.56. The van der Waals surface area contributed by atoms with Crippen LogP contribution in [0.5, 0.6) is 0 Å². The molecular weight excluding hydrogens is 212 g/mol. The molecule has 2 rings (SSSR count). The zero-order chi connectivity index (χ0) is 8.55. The van der Waals surface area contributed by atoms with Crippen molar-refractivity contribution >= 4 is 15.9 Å². The molecule has 0 spiro atoms. The highest BCUT2D eigenvalue weighted by Crippen LogP contribution is 2.33. The van der Waals surface area contributed by atoms with Crippen molar-refractivity contribution < 1.29 is 0 Å². The molecule has 0 aromatic heterocycles. The lowest BCUT2D eigenvalue weighted by atomic mass is 10.1. The largest absolute Gasteiger partial charge is 0.0587 e. The van der Waals surface area contributed by atoms with Gasteiger partial charge in [-0.1, -0.05) is 28.1 Å². The van der Waals surface area contributed by atoms with Crippen LogP contribution < -0.4 is 0 Å². The first-order chi connectivity index (χ1) is 5.75. The fraction of sp³-hybridized carbons (Fsp3) is 0.455. The van der Waals surface area contributed by atoms with Crippen LogP contribution in [0.3, 0.4) is 0 Å². The molecule has 1 fully saturated rings. The minimum atomic E-state index is 0.986.